The summed E-state index contributed by atoms with van der Waals surface area (Å²) in [6.07, 6.45) is 5.22. The van der Waals surface area contributed by atoms with Gasteiger partial charge in [0.1, 0.15) is 11.9 Å². The summed E-state index contributed by atoms with van der Waals surface area (Å²) in [6, 6.07) is 8.01. The van der Waals surface area contributed by atoms with Crippen molar-refractivity contribution in [2.24, 2.45) is 5.41 Å². The first-order valence-corrected chi connectivity index (χ1v) is 6.68. The molecule has 1 aromatic carbocycles. The third kappa shape index (κ3) is 1.88. The Morgan fingerprint density at radius 3 is 2.72 bits per heavy atom. The number of aliphatic carboxylic acids is 1. The first-order chi connectivity index (χ1) is 8.70. The molecule has 3 heteroatoms. The Morgan fingerprint density at radius 2 is 2.06 bits per heavy atom. The molecule has 0 amide bonds. The fraction of sp³-hybridized carbons (Fsp3) is 0.533. The van der Waals surface area contributed by atoms with E-state index in [1.54, 1.807) is 0 Å². The van der Waals surface area contributed by atoms with E-state index in [-0.39, 0.29) is 6.10 Å². The van der Waals surface area contributed by atoms with E-state index in [0.717, 1.165) is 37.9 Å². The maximum absolute atomic E-state index is 11.5. The van der Waals surface area contributed by atoms with Crippen LogP contribution in [0.5, 0.6) is 5.75 Å². The molecule has 3 nitrogen and oxygen atoms in total. The standard InChI is InChI=1S/C15H18O3/c16-14(17)15(7-3-4-8-15)10-12-9-11-5-1-2-6-13(11)18-12/h1-2,5-6,12H,3-4,7-10H2,(H,16,17). The quantitative estimate of drug-likeness (QED) is 0.891. The normalized spacial score (nSPS) is 24.6. The topological polar surface area (TPSA) is 46.5 Å². The van der Waals surface area contributed by atoms with Crippen LogP contribution in [0.1, 0.15) is 37.7 Å². The van der Waals surface area contributed by atoms with Gasteiger partial charge in [-0.3, -0.25) is 4.79 Å². The lowest BCUT2D eigenvalue weighted by atomic mass is 9.80. The number of carboxylic acid groups (broad SMARTS) is 1. The second-order valence-electron chi connectivity index (χ2n) is 5.55. The van der Waals surface area contributed by atoms with Gasteiger partial charge in [-0.25, -0.2) is 0 Å². The molecule has 1 aliphatic carbocycles. The second-order valence-corrected chi connectivity index (χ2v) is 5.55. The molecule has 1 atom stereocenters. The van der Waals surface area contributed by atoms with E-state index in [1.165, 1.54) is 5.56 Å². The van der Waals surface area contributed by atoms with Crippen molar-refractivity contribution < 1.29 is 14.6 Å². The third-order valence-electron chi connectivity index (χ3n) is 4.35. The van der Waals surface area contributed by atoms with E-state index in [2.05, 4.69) is 6.07 Å². The van der Waals surface area contributed by atoms with E-state index in [9.17, 15) is 9.90 Å². The SMILES string of the molecule is O=C(O)C1(CC2Cc3ccccc3O2)CCCC1. The van der Waals surface area contributed by atoms with Crippen molar-refractivity contribution in [1.82, 2.24) is 0 Å². The average Bonchev–Trinajstić information content (AvgIpc) is 2.95. The first kappa shape index (κ1) is 11.6. The van der Waals surface area contributed by atoms with E-state index in [0.29, 0.717) is 6.42 Å². The van der Waals surface area contributed by atoms with Crippen LogP contribution in [0, 0.1) is 5.41 Å². The summed E-state index contributed by atoms with van der Waals surface area (Å²) in [5, 5.41) is 9.49. The van der Waals surface area contributed by atoms with Crippen LogP contribution in [0.3, 0.4) is 0 Å². The average molecular weight is 246 g/mol. The van der Waals surface area contributed by atoms with Gasteiger partial charge < -0.3 is 9.84 Å². The van der Waals surface area contributed by atoms with Crippen LogP contribution in [-0.4, -0.2) is 17.2 Å². The van der Waals surface area contributed by atoms with E-state index in [1.807, 2.05) is 18.2 Å². The molecule has 1 aliphatic heterocycles. The fourth-order valence-electron chi connectivity index (χ4n) is 3.36. The smallest absolute Gasteiger partial charge is 0.309 e. The van der Waals surface area contributed by atoms with Crippen molar-refractivity contribution in [2.75, 3.05) is 0 Å². The van der Waals surface area contributed by atoms with Crippen LogP contribution in [-0.2, 0) is 11.2 Å². The Bertz CT molecular complexity index is 436. The number of fused-ring (bicyclic) bond motifs is 1. The molecule has 0 saturated heterocycles. The van der Waals surface area contributed by atoms with E-state index < -0.39 is 11.4 Å². The highest BCUT2D eigenvalue weighted by atomic mass is 16.5. The summed E-state index contributed by atoms with van der Waals surface area (Å²) >= 11 is 0. The van der Waals surface area contributed by atoms with Crippen LogP contribution < -0.4 is 4.74 Å². The molecule has 1 unspecified atom stereocenters. The van der Waals surface area contributed by atoms with Gasteiger partial charge in [-0.15, -0.1) is 0 Å². The Balaban J connectivity index is 1.73. The van der Waals surface area contributed by atoms with Gasteiger partial charge in [0.15, 0.2) is 0 Å². The van der Waals surface area contributed by atoms with Gasteiger partial charge in [0, 0.05) is 12.8 Å². The summed E-state index contributed by atoms with van der Waals surface area (Å²) in [6.45, 7) is 0. The molecular formula is C15H18O3. The Labute approximate surface area is 107 Å². The lowest BCUT2D eigenvalue weighted by Gasteiger charge is -2.26. The van der Waals surface area contributed by atoms with Crippen molar-refractivity contribution in [3.8, 4) is 5.75 Å². The molecule has 18 heavy (non-hydrogen) atoms. The monoisotopic (exact) mass is 246 g/mol. The number of hydrogen-bond donors (Lipinski definition) is 1. The first-order valence-electron chi connectivity index (χ1n) is 6.68. The molecule has 0 spiro atoms. The largest absolute Gasteiger partial charge is 0.490 e. The minimum Gasteiger partial charge on any atom is -0.490 e. The predicted molar refractivity (Wildman–Crippen MR) is 67.7 cm³/mol. The summed E-state index contributed by atoms with van der Waals surface area (Å²) in [5.41, 5.74) is 0.674. The molecule has 96 valence electrons. The molecule has 1 N–H and O–H groups in total. The van der Waals surface area contributed by atoms with Gasteiger partial charge in [-0.05, 0) is 24.5 Å². The van der Waals surface area contributed by atoms with Crippen molar-refractivity contribution in [3.05, 3.63) is 29.8 Å². The van der Waals surface area contributed by atoms with Gasteiger partial charge in [0.25, 0.3) is 0 Å². The Morgan fingerprint density at radius 1 is 1.33 bits per heavy atom. The second kappa shape index (κ2) is 4.30. The van der Waals surface area contributed by atoms with Crippen LogP contribution in [0.25, 0.3) is 0 Å². The highest BCUT2D eigenvalue weighted by Crippen LogP contribution is 2.44. The summed E-state index contributed by atoms with van der Waals surface area (Å²) in [7, 11) is 0. The maximum Gasteiger partial charge on any atom is 0.309 e. The van der Waals surface area contributed by atoms with Gasteiger partial charge in [-0.2, -0.15) is 0 Å². The van der Waals surface area contributed by atoms with E-state index in [4.69, 9.17) is 4.74 Å². The molecule has 1 heterocycles. The van der Waals surface area contributed by atoms with Crippen molar-refractivity contribution in [2.45, 2.75) is 44.6 Å². The van der Waals surface area contributed by atoms with Crippen LogP contribution in [0.15, 0.2) is 24.3 Å². The highest BCUT2D eigenvalue weighted by molar-refractivity contribution is 5.75. The zero-order chi connectivity index (χ0) is 12.6. The minimum absolute atomic E-state index is 0.0385. The van der Waals surface area contributed by atoms with Crippen LogP contribution >= 0.6 is 0 Å². The van der Waals surface area contributed by atoms with Crippen molar-refractivity contribution in [3.63, 3.8) is 0 Å². The van der Waals surface area contributed by atoms with Gasteiger partial charge in [0.2, 0.25) is 0 Å². The Kier molecular flexibility index (Phi) is 2.77. The summed E-state index contributed by atoms with van der Waals surface area (Å²) in [4.78, 5) is 11.5. The van der Waals surface area contributed by atoms with Crippen molar-refractivity contribution in [1.29, 1.82) is 0 Å². The van der Waals surface area contributed by atoms with E-state index >= 15 is 0 Å². The number of ether oxygens (including phenoxy) is 1. The molecule has 0 aromatic heterocycles. The number of carboxylic acids is 1. The van der Waals surface area contributed by atoms with Gasteiger partial charge >= 0.3 is 5.97 Å². The van der Waals surface area contributed by atoms with Crippen molar-refractivity contribution >= 4 is 5.97 Å². The third-order valence-corrected chi connectivity index (χ3v) is 4.35. The number of rotatable bonds is 3. The molecule has 1 saturated carbocycles. The number of para-hydroxylation sites is 1. The lowest BCUT2D eigenvalue weighted by Crippen LogP contribution is -2.33. The van der Waals surface area contributed by atoms with Gasteiger partial charge in [-0.1, -0.05) is 31.0 Å². The zero-order valence-electron chi connectivity index (χ0n) is 10.4. The molecule has 2 aliphatic rings. The Hall–Kier alpha value is -1.51. The van der Waals surface area contributed by atoms with Gasteiger partial charge in [0.05, 0.1) is 5.41 Å². The molecule has 0 bridgehead atoms. The molecule has 1 fully saturated rings. The summed E-state index contributed by atoms with van der Waals surface area (Å²) in [5.74, 6) is 0.292. The number of benzene rings is 1. The fourth-order valence-corrected chi connectivity index (χ4v) is 3.36. The lowest BCUT2D eigenvalue weighted by molar-refractivity contribution is -0.150. The summed E-state index contributed by atoms with van der Waals surface area (Å²) < 4.78 is 5.88. The molecule has 1 aromatic rings. The maximum atomic E-state index is 11.5. The van der Waals surface area contributed by atoms with Crippen LogP contribution in [0.2, 0.25) is 0 Å². The molecule has 3 rings (SSSR count). The number of hydrogen-bond acceptors (Lipinski definition) is 2. The molecular weight excluding hydrogens is 228 g/mol. The minimum atomic E-state index is -0.639. The highest BCUT2D eigenvalue weighted by Gasteiger charge is 2.44. The molecule has 0 radical (unpaired) electrons. The number of carbonyl (C=O) groups is 1. The zero-order valence-corrected chi connectivity index (χ0v) is 10.4. The van der Waals surface area contributed by atoms with Crippen LogP contribution in [0.4, 0.5) is 0 Å². The predicted octanol–water partition coefficient (Wildman–Crippen LogP) is 3.03.